The largest absolute Gasteiger partial charge is 0.494 e. The molecular formula is C37H41N3O4S. The lowest BCUT2D eigenvalue weighted by molar-refractivity contribution is -0.139. The van der Waals surface area contributed by atoms with Gasteiger partial charge in [0.2, 0.25) is 0 Å². The first-order valence-electron chi connectivity index (χ1n) is 16.0. The van der Waals surface area contributed by atoms with Crippen molar-refractivity contribution in [3.8, 4) is 11.4 Å². The van der Waals surface area contributed by atoms with Crippen LogP contribution in [0.1, 0.15) is 92.9 Å². The van der Waals surface area contributed by atoms with E-state index in [0.29, 0.717) is 38.9 Å². The molecule has 1 saturated carbocycles. The maximum atomic E-state index is 14.2. The first kappa shape index (κ1) is 30.8. The number of ether oxygens (including phenoxy) is 2. The number of carbonyl (C=O) groups excluding carboxylic acids is 1. The van der Waals surface area contributed by atoms with Gasteiger partial charge in [-0.25, -0.2) is 9.79 Å². The molecule has 1 atom stereocenters. The molecule has 4 aromatic rings. The van der Waals surface area contributed by atoms with Gasteiger partial charge in [0.1, 0.15) is 11.8 Å². The van der Waals surface area contributed by atoms with Crippen LogP contribution < -0.4 is 19.6 Å². The van der Waals surface area contributed by atoms with Crippen LogP contribution in [0.15, 0.2) is 75.7 Å². The van der Waals surface area contributed by atoms with E-state index in [1.165, 1.54) is 49.0 Å². The number of carbonyl (C=O) groups is 1. The van der Waals surface area contributed by atoms with Gasteiger partial charge in [0.05, 0.1) is 29.0 Å². The second kappa shape index (κ2) is 13.1. The number of allylic oxidation sites excluding steroid dienone is 1. The molecule has 3 heterocycles. The summed E-state index contributed by atoms with van der Waals surface area (Å²) >= 11 is 1.33. The van der Waals surface area contributed by atoms with Gasteiger partial charge in [-0.15, -0.1) is 0 Å². The molecule has 7 nitrogen and oxygen atoms in total. The molecule has 0 amide bonds. The summed E-state index contributed by atoms with van der Waals surface area (Å²) in [7, 11) is 0. The van der Waals surface area contributed by atoms with Crippen LogP contribution in [-0.2, 0) is 9.53 Å². The highest BCUT2D eigenvalue weighted by Gasteiger charge is 2.35. The van der Waals surface area contributed by atoms with Crippen molar-refractivity contribution in [3.05, 3.63) is 114 Å². The Hall–Kier alpha value is -4.17. The summed E-state index contributed by atoms with van der Waals surface area (Å²) < 4.78 is 15.8. The third-order valence-electron chi connectivity index (χ3n) is 9.02. The number of hydrogen-bond acceptors (Lipinski definition) is 6. The van der Waals surface area contributed by atoms with Gasteiger partial charge in [-0.1, -0.05) is 60.9 Å². The van der Waals surface area contributed by atoms with Crippen LogP contribution in [0.3, 0.4) is 0 Å². The average molecular weight is 624 g/mol. The molecule has 2 aromatic heterocycles. The van der Waals surface area contributed by atoms with Crippen molar-refractivity contribution in [2.75, 3.05) is 13.2 Å². The minimum Gasteiger partial charge on any atom is -0.494 e. The monoisotopic (exact) mass is 623 g/mol. The number of aromatic nitrogens is 2. The van der Waals surface area contributed by atoms with Crippen molar-refractivity contribution < 1.29 is 14.3 Å². The van der Waals surface area contributed by atoms with E-state index in [-0.39, 0.29) is 12.2 Å². The molecule has 8 heteroatoms. The van der Waals surface area contributed by atoms with E-state index in [0.717, 1.165) is 28.2 Å². The van der Waals surface area contributed by atoms with E-state index < -0.39 is 12.0 Å². The predicted octanol–water partition coefficient (Wildman–Crippen LogP) is 6.65. The third-order valence-corrected chi connectivity index (χ3v) is 10.00. The fourth-order valence-corrected chi connectivity index (χ4v) is 7.92. The number of thiazole rings is 1. The standard InChI is InChI=1S/C37H41N3O4S/c1-6-43-31-16-12-11-15-30(31)34-33(36(42)44-7-2)24(4)38-37-40(34)35(41)32(45-37)22-28-21-23(3)39(25(28)5)29-19-17-27(18-20-29)26-13-9-8-10-14-26/h11-12,15-22,26,34H,6-10,13-14H2,1-5H3/b32-22-/t34-/m0/s1. The molecular weight excluding hydrogens is 582 g/mol. The molecule has 2 aliphatic rings. The highest BCUT2D eigenvalue weighted by molar-refractivity contribution is 7.07. The first-order chi connectivity index (χ1) is 21.8. The van der Waals surface area contributed by atoms with Crippen LogP contribution in [0, 0.1) is 13.8 Å². The SMILES string of the molecule is CCOC(=O)C1=C(C)N=c2s/c(=C\c3cc(C)n(-c4ccc(C5CCCCC5)cc4)c3C)c(=O)n2[C@H]1c1ccccc1OCC. The second-order valence-electron chi connectivity index (χ2n) is 11.9. The average Bonchev–Trinajstić information content (AvgIpc) is 3.50. The highest BCUT2D eigenvalue weighted by Crippen LogP contribution is 2.36. The Balaban J connectivity index is 1.44. The zero-order valence-electron chi connectivity index (χ0n) is 26.8. The molecule has 45 heavy (non-hydrogen) atoms. The van der Waals surface area contributed by atoms with Crippen molar-refractivity contribution in [1.82, 2.24) is 9.13 Å². The normalized spacial score (nSPS) is 17.3. The molecule has 1 fully saturated rings. The summed E-state index contributed by atoms with van der Waals surface area (Å²) in [6.45, 7) is 10.3. The Morgan fingerprint density at radius 1 is 1.00 bits per heavy atom. The third kappa shape index (κ3) is 5.84. The van der Waals surface area contributed by atoms with Crippen LogP contribution in [0.5, 0.6) is 5.75 Å². The minimum absolute atomic E-state index is 0.203. The topological polar surface area (TPSA) is 74.8 Å². The van der Waals surface area contributed by atoms with Gasteiger partial charge in [-0.2, -0.15) is 0 Å². The van der Waals surface area contributed by atoms with Gasteiger partial charge >= 0.3 is 5.97 Å². The summed E-state index contributed by atoms with van der Waals surface area (Å²) in [4.78, 5) is 32.8. The molecule has 0 saturated heterocycles. The molecule has 1 aliphatic heterocycles. The van der Waals surface area contributed by atoms with E-state index in [2.05, 4.69) is 48.7 Å². The molecule has 1 aliphatic carbocycles. The molecule has 2 aromatic carbocycles. The van der Waals surface area contributed by atoms with Crippen LogP contribution in [-0.4, -0.2) is 28.3 Å². The summed E-state index contributed by atoms with van der Waals surface area (Å²) in [6, 6.07) is 18.0. The Morgan fingerprint density at radius 3 is 2.44 bits per heavy atom. The maximum absolute atomic E-state index is 14.2. The van der Waals surface area contributed by atoms with Crippen LogP contribution >= 0.6 is 11.3 Å². The lowest BCUT2D eigenvalue weighted by Crippen LogP contribution is -2.40. The van der Waals surface area contributed by atoms with Gasteiger partial charge in [0.25, 0.3) is 5.56 Å². The number of aryl methyl sites for hydroxylation is 1. The van der Waals surface area contributed by atoms with E-state index in [1.54, 1.807) is 18.4 Å². The zero-order valence-corrected chi connectivity index (χ0v) is 27.6. The number of benzene rings is 2. The summed E-state index contributed by atoms with van der Waals surface area (Å²) in [5, 5.41) is 0. The zero-order chi connectivity index (χ0) is 31.7. The van der Waals surface area contributed by atoms with E-state index in [9.17, 15) is 9.59 Å². The molecule has 0 bridgehead atoms. The number of hydrogen-bond donors (Lipinski definition) is 0. The van der Waals surface area contributed by atoms with Gasteiger partial charge < -0.3 is 14.0 Å². The van der Waals surface area contributed by atoms with Crippen molar-refractivity contribution in [2.24, 2.45) is 4.99 Å². The van der Waals surface area contributed by atoms with Crippen molar-refractivity contribution in [2.45, 2.75) is 78.7 Å². The van der Waals surface area contributed by atoms with Crippen LogP contribution in [0.4, 0.5) is 0 Å². The Labute approximate surface area is 268 Å². The number of esters is 1. The van der Waals surface area contributed by atoms with Crippen molar-refractivity contribution in [1.29, 1.82) is 0 Å². The van der Waals surface area contributed by atoms with Gasteiger partial charge in [0.15, 0.2) is 4.80 Å². The van der Waals surface area contributed by atoms with Crippen molar-refractivity contribution >= 4 is 23.4 Å². The summed E-state index contributed by atoms with van der Waals surface area (Å²) in [5.41, 5.74) is 7.08. The Bertz CT molecular complexity index is 1940. The molecule has 0 spiro atoms. The van der Waals surface area contributed by atoms with Gasteiger partial charge in [-0.3, -0.25) is 9.36 Å². The number of nitrogens with zero attached hydrogens (tertiary/aromatic N) is 3. The maximum Gasteiger partial charge on any atom is 0.338 e. The van der Waals surface area contributed by atoms with Crippen LogP contribution in [0.25, 0.3) is 11.8 Å². The second-order valence-corrected chi connectivity index (χ2v) is 12.9. The van der Waals surface area contributed by atoms with Gasteiger partial charge in [-0.05, 0) is 94.8 Å². The molecule has 0 radical (unpaired) electrons. The molecule has 0 N–H and O–H groups in total. The summed E-state index contributed by atoms with van der Waals surface area (Å²) in [6.07, 6.45) is 8.50. The highest BCUT2D eigenvalue weighted by atomic mass is 32.1. The Kier molecular flexibility index (Phi) is 8.95. The Morgan fingerprint density at radius 2 is 1.73 bits per heavy atom. The number of rotatable bonds is 8. The quantitative estimate of drug-likeness (QED) is 0.206. The lowest BCUT2D eigenvalue weighted by Gasteiger charge is -2.26. The molecule has 0 unspecified atom stereocenters. The number of fused-ring (bicyclic) bond motifs is 1. The smallest absolute Gasteiger partial charge is 0.338 e. The van der Waals surface area contributed by atoms with E-state index >= 15 is 0 Å². The molecule has 6 rings (SSSR count). The van der Waals surface area contributed by atoms with Gasteiger partial charge in [0, 0.05) is 22.6 Å². The minimum atomic E-state index is -0.722. The summed E-state index contributed by atoms with van der Waals surface area (Å²) in [5.74, 6) is 0.801. The number of para-hydroxylation sites is 1. The lowest BCUT2D eigenvalue weighted by atomic mass is 9.84. The van der Waals surface area contributed by atoms with E-state index in [4.69, 9.17) is 14.5 Å². The predicted molar refractivity (Wildman–Crippen MR) is 179 cm³/mol. The fourth-order valence-electron chi connectivity index (χ4n) is 6.88. The van der Waals surface area contributed by atoms with E-state index in [1.807, 2.05) is 37.3 Å². The molecule has 234 valence electrons. The first-order valence-corrected chi connectivity index (χ1v) is 16.8. The van der Waals surface area contributed by atoms with Crippen molar-refractivity contribution in [3.63, 3.8) is 0 Å². The van der Waals surface area contributed by atoms with Crippen LogP contribution in [0.2, 0.25) is 0 Å². The fraction of sp³-hybridized carbons (Fsp3) is 0.378.